The van der Waals surface area contributed by atoms with Crippen molar-refractivity contribution in [3.05, 3.63) is 48.2 Å². The van der Waals surface area contributed by atoms with Gasteiger partial charge in [-0.2, -0.15) is 0 Å². The average molecular weight is 364 g/mol. The number of pyridine rings is 1. The summed E-state index contributed by atoms with van der Waals surface area (Å²) in [6.07, 6.45) is 3.11. The number of fused-ring (bicyclic) bond motifs is 2. The average Bonchev–Trinajstić information content (AvgIpc) is 2.78. The largest absolute Gasteiger partial charge is 0.319 e. The van der Waals surface area contributed by atoms with Gasteiger partial charge in [-0.1, -0.05) is 19.1 Å². The maximum absolute atomic E-state index is 13.4. The summed E-state index contributed by atoms with van der Waals surface area (Å²) in [5.41, 5.74) is 1.64. The number of benzene rings is 1. The Morgan fingerprint density at radius 1 is 1.26 bits per heavy atom. The van der Waals surface area contributed by atoms with Gasteiger partial charge in [-0.25, -0.2) is 4.98 Å². The molecule has 0 radical (unpaired) electrons. The second kappa shape index (κ2) is 7.12. The van der Waals surface area contributed by atoms with Crippen LogP contribution in [0.25, 0.3) is 0 Å². The van der Waals surface area contributed by atoms with Crippen molar-refractivity contribution in [1.82, 2.24) is 9.88 Å². The molecule has 0 aliphatic carbocycles. The number of carbonyl (C=O) groups excluding carboxylic acids is 2. The first kappa shape index (κ1) is 17.7. The van der Waals surface area contributed by atoms with Crippen molar-refractivity contribution in [2.75, 3.05) is 30.4 Å². The summed E-state index contributed by atoms with van der Waals surface area (Å²) in [4.78, 5) is 34.4. The highest BCUT2D eigenvalue weighted by Crippen LogP contribution is 2.38. The predicted molar refractivity (Wildman–Crippen MR) is 105 cm³/mol. The van der Waals surface area contributed by atoms with Crippen molar-refractivity contribution < 1.29 is 9.59 Å². The van der Waals surface area contributed by atoms with Gasteiger partial charge in [-0.15, -0.1) is 0 Å². The number of hydrogen-bond donors (Lipinski definition) is 1. The van der Waals surface area contributed by atoms with Gasteiger partial charge in [-0.05, 0) is 56.1 Å². The van der Waals surface area contributed by atoms with Crippen LogP contribution in [0.15, 0.2) is 42.6 Å². The monoisotopic (exact) mass is 364 g/mol. The predicted octanol–water partition coefficient (Wildman–Crippen LogP) is 3.29. The summed E-state index contributed by atoms with van der Waals surface area (Å²) in [6.45, 7) is 4.22. The maximum Gasteiger partial charge on any atom is 0.257 e. The fourth-order valence-electron chi connectivity index (χ4n) is 4.11. The highest BCUT2D eigenvalue weighted by Gasteiger charge is 2.33. The van der Waals surface area contributed by atoms with Gasteiger partial charge in [0.05, 0.1) is 16.9 Å². The Hall–Kier alpha value is -2.73. The van der Waals surface area contributed by atoms with Gasteiger partial charge < -0.3 is 10.2 Å². The lowest BCUT2D eigenvalue weighted by Gasteiger charge is -2.35. The van der Waals surface area contributed by atoms with Gasteiger partial charge in [0.1, 0.15) is 0 Å². The van der Waals surface area contributed by atoms with E-state index in [0.29, 0.717) is 41.0 Å². The van der Waals surface area contributed by atoms with Crippen LogP contribution in [0.4, 0.5) is 17.2 Å². The Morgan fingerprint density at radius 3 is 2.89 bits per heavy atom. The molecule has 1 aromatic heterocycles. The first-order chi connectivity index (χ1) is 13.0. The van der Waals surface area contributed by atoms with E-state index >= 15 is 0 Å². The molecule has 2 aliphatic heterocycles. The fourth-order valence-corrected chi connectivity index (χ4v) is 4.11. The molecule has 27 heavy (non-hydrogen) atoms. The standard InChI is InChI=1S/C21H24N4O2/c1-14-13-24(2)11-9-15(14)12-19(26)25-18-8-4-3-6-16(18)21(27)23-17-7-5-10-22-20(17)25/h3-8,10,14-15H,9,11-13H2,1-2H3,(H,23,27)/t14-,15-/m0/s1. The maximum atomic E-state index is 13.4. The third-order valence-electron chi connectivity index (χ3n) is 5.61. The summed E-state index contributed by atoms with van der Waals surface area (Å²) >= 11 is 0. The number of amides is 2. The van der Waals surface area contributed by atoms with Crippen LogP contribution in [-0.4, -0.2) is 41.8 Å². The van der Waals surface area contributed by atoms with Crippen molar-refractivity contribution in [1.29, 1.82) is 0 Å². The Bertz CT molecular complexity index is 882. The van der Waals surface area contributed by atoms with E-state index in [2.05, 4.69) is 29.2 Å². The van der Waals surface area contributed by atoms with E-state index in [9.17, 15) is 9.59 Å². The minimum absolute atomic E-state index is 0.0136. The zero-order valence-electron chi connectivity index (χ0n) is 15.7. The minimum atomic E-state index is -0.220. The smallest absolute Gasteiger partial charge is 0.257 e. The topological polar surface area (TPSA) is 65.5 Å². The zero-order chi connectivity index (χ0) is 19.0. The van der Waals surface area contributed by atoms with Gasteiger partial charge in [0.2, 0.25) is 5.91 Å². The molecular formula is C21H24N4O2. The summed E-state index contributed by atoms with van der Waals surface area (Å²) < 4.78 is 0. The summed E-state index contributed by atoms with van der Waals surface area (Å²) in [7, 11) is 2.12. The number of para-hydroxylation sites is 1. The van der Waals surface area contributed by atoms with E-state index in [1.54, 1.807) is 29.3 Å². The number of hydrogen-bond acceptors (Lipinski definition) is 4. The molecule has 0 saturated carbocycles. The van der Waals surface area contributed by atoms with Crippen LogP contribution in [0.2, 0.25) is 0 Å². The molecule has 0 bridgehead atoms. The normalized spacial score (nSPS) is 22.4. The van der Waals surface area contributed by atoms with E-state index in [-0.39, 0.29) is 11.8 Å². The summed E-state index contributed by atoms with van der Waals surface area (Å²) in [5, 5.41) is 2.88. The van der Waals surface area contributed by atoms with Crippen LogP contribution in [0.1, 0.15) is 30.1 Å². The molecule has 1 saturated heterocycles. The van der Waals surface area contributed by atoms with Crippen LogP contribution < -0.4 is 10.2 Å². The molecule has 6 heteroatoms. The van der Waals surface area contributed by atoms with E-state index < -0.39 is 0 Å². The number of carbonyl (C=O) groups is 2. The number of aromatic nitrogens is 1. The Kier molecular flexibility index (Phi) is 4.66. The molecule has 1 N–H and O–H groups in total. The number of piperidine rings is 1. The SMILES string of the molecule is C[C@H]1CN(C)CC[C@H]1CC(=O)N1c2ccccc2C(=O)Nc2cccnc21. The third-order valence-corrected chi connectivity index (χ3v) is 5.61. The summed E-state index contributed by atoms with van der Waals surface area (Å²) in [6, 6.07) is 10.8. The molecule has 2 aliphatic rings. The number of rotatable bonds is 2. The molecule has 140 valence electrons. The number of nitrogens with one attached hydrogen (secondary N) is 1. The molecule has 1 aromatic carbocycles. The van der Waals surface area contributed by atoms with Gasteiger partial charge >= 0.3 is 0 Å². The van der Waals surface area contributed by atoms with Crippen LogP contribution >= 0.6 is 0 Å². The fraction of sp³-hybridized carbons (Fsp3) is 0.381. The Labute approximate surface area is 159 Å². The van der Waals surface area contributed by atoms with Crippen LogP contribution in [-0.2, 0) is 4.79 Å². The first-order valence-electron chi connectivity index (χ1n) is 9.41. The molecule has 0 spiro atoms. The van der Waals surface area contributed by atoms with Crippen LogP contribution in [0.3, 0.4) is 0 Å². The molecule has 3 heterocycles. The minimum Gasteiger partial charge on any atom is -0.319 e. The molecule has 6 nitrogen and oxygen atoms in total. The molecule has 4 rings (SSSR count). The molecule has 1 fully saturated rings. The molecule has 0 unspecified atom stereocenters. The molecule has 2 aromatic rings. The van der Waals surface area contributed by atoms with E-state index in [1.165, 1.54) is 0 Å². The second-order valence-electron chi connectivity index (χ2n) is 7.57. The van der Waals surface area contributed by atoms with Crippen LogP contribution in [0.5, 0.6) is 0 Å². The van der Waals surface area contributed by atoms with Crippen molar-refractivity contribution in [3.63, 3.8) is 0 Å². The van der Waals surface area contributed by atoms with Gasteiger partial charge in [0, 0.05) is 19.2 Å². The van der Waals surface area contributed by atoms with Crippen molar-refractivity contribution in [2.24, 2.45) is 11.8 Å². The van der Waals surface area contributed by atoms with Gasteiger partial charge in [0.25, 0.3) is 5.91 Å². The third kappa shape index (κ3) is 3.32. The van der Waals surface area contributed by atoms with Gasteiger partial charge in [0.15, 0.2) is 5.82 Å². The second-order valence-corrected chi connectivity index (χ2v) is 7.57. The highest BCUT2D eigenvalue weighted by atomic mass is 16.2. The van der Waals surface area contributed by atoms with E-state index in [1.807, 2.05) is 18.2 Å². The molecule has 2 amide bonds. The first-order valence-corrected chi connectivity index (χ1v) is 9.41. The van der Waals surface area contributed by atoms with E-state index in [0.717, 1.165) is 19.5 Å². The lowest BCUT2D eigenvalue weighted by atomic mass is 9.84. The van der Waals surface area contributed by atoms with Crippen molar-refractivity contribution >= 4 is 29.0 Å². The van der Waals surface area contributed by atoms with Crippen molar-refractivity contribution in [2.45, 2.75) is 19.8 Å². The zero-order valence-corrected chi connectivity index (χ0v) is 15.7. The van der Waals surface area contributed by atoms with Crippen LogP contribution in [0, 0.1) is 11.8 Å². The number of anilines is 3. The molecule has 2 atom stereocenters. The Morgan fingerprint density at radius 2 is 2.07 bits per heavy atom. The number of nitrogens with zero attached hydrogens (tertiary/aromatic N) is 3. The quantitative estimate of drug-likeness (QED) is 0.888. The van der Waals surface area contributed by atoms with E-state index in [4.69, 9.17) is 0 Å². The summed E-state index contributed by atoms with van der Waals surface area (Å²) in [5.74, 6) is 1.04. The highest BCUT2D eigenvalue weighted by molar-refractivity contribution is 6.17. The van der Waals surface area contributed by atoms with Gasteiger partial charge in [-0.3, -0.25) is 14.5 Å². The Balaban J connectivity index is 1.71. The lowest BCUT2D eigenvalue weighted by molar-refractivity contribution is -0.119. The van der Waals surface area contributed by atoms with Crippen molar-refractivity contribution in [3.8, 4) is 0 Å². The number of likely N-dealkylation sites (tertiary alicyclic amines) is 1. The molecular weight excluding hydrogens is 340 g/mol. The lowest BCUT2D eigenvalue weighted by Crippen LogP contribution is -2.39.